The molecule has 0 spiro atoms. The molecule has 2 aromatic rings. The molecule has 0 aliphatic heterocycles. The zero-order chi connectivity index (χ0) is 11.5. The Morgan fingerprint density at radius 3 is 2.71 bits per heavy atom. The molecule has 0 fully saturated rings. The van der Waals surface area contributed by atoms with Crippen LogP contribution in [0.25, 0.3) is 10.9 Å². The van der Waals surface area contributed by atoms with Crippen molar-refractivity contribution in [3.8, 4) is 11.5 Å². The van der Waals surface area contributed by atoms with Gasteiger partial charge in [0.2, 0.25) is 0 Å². The topological polar surface area (TPSA) is 61.3 Å². The van der Waals surface area contributed by atoms with Crippen LogP contribution in [-0.4, -0.2) is 23.0 Å². The number of hydrogen-bond acceptors (Lipinski definition) is 5. The normalized spacial score (nSPS) is 9.53. The van der Waals surface area contributed by atoms with Gasteiger partial charge in [-0.2, -0.15) is 0 Å². The Hall–Kier alpha value is -1.88. The Bertz CT molecular complexity index is 545. The van der Waals surface area contributed by atoms with Crippen LogP contribution in [-0.2, 0) is 4.79 Å². The lowest BCUT2D eigenvalue weighted by Gasteiger charge is -2.08. The maximum absolute atomic E-state index is 10.9. The lowest BCUT2D eigenvalue weighted by molar-refractivity contribution is -0.131. The second-order valence-corrected chi connectivity index (χ2v) is 3.18. The summed E-state index contributed by atoms with van der Waals surface area (Å²) in [5.41, 5.74) is 0.739. The fraction of sp³-hybridized carbons (Fsp3) is 0.182. The van der Waals surface area contributed by atoms with E-state index in [9.17, 15) is 4.79 Å². The molecule has 1 aromatic carbocycles. The lowest BCUT2D eigenvalue weighted by Crippen LogP contribution is -2.03. The van der Waals surface area contributed by atoms with E-state index in [0.29, 0.717) is 11.5 Å². The van der Waals surface area contributed by atoms with Crippen LogP contribution in [0.15, 0.2) is 24.7 Å². The van der Waals surface area contributed by atoms with E-state index >= 15 is 0 Å². The van der Waals surface area contributed by atoms with Crippen molar-refractivity contribution >= 4 is 29.3 Å². The van der Waals surface area contributed by atoms with E-state index in [4.69, 9.17) is 9.47 Å². The number of fused-ring (bicyclic) bond motifs is 1. The molecule has 0 N–H and O–H groups in total. The van der Waals surface area contributed by atoms with Gasteiger partial charge in [0.05, 0.1) is 12.6 Å². The maximum Gasteiger partial charge on any atom is 0.308 e. The summed E-state index contributed by atoms with van der Waals surface area (Å²) in [4.78, 5) is 18.9. The minimum absolute atomic E-state index is 0. The average molecular weight is 255 g/mol. The third kappa shape index (κ3) is 2.82. The van der Waals surface area contributed by atoms with Crippen LogP contribution in [0.3, 0.4) is 0 Å². The molecule has 0 radical (unpaired) electrons. The predicted molar refractivity (Wildman–Crippen MR) is 64.6 cm³/mol. The molecule has 0 amide bonds. The monoisotopic (exact) mass is 254 g/mol. The number of rotatable bonds is 2. The van der Waals surface area contributed by atoms with Gasteiger partial charge in [0, 0.05) is 24.6 Å². The molecule has 0 saturated carbocycles. The fourth-order valence-corrected chi connectivity index (χ4v) is 1.38. The Morgan fingerprint density at radius 1 is 1.29 bits per heavy atom. The summed E-state index contributed by atoms with van der Waals surface area (Å²) in [6.45, 7) is 1.34. The zero-order valence-corrected chi connectivity index (χ0v) is 10.2. The highest BCUT2D eigenvalue weighted by Gasteiger charge is 2.09. The van der Waals surface area contributed by atoms with E-state index in [-0.39, 0.29) is 12.4 Å². The van der Waals surface area contributed by atoms with Crippen LogP contribution < -0.4 is 9.47 Å². The minimum atomic E-state index is -0.394. The SMILES string of the molecule is COc1cc2ncncc2cc1OC(C)=O.Cl. The van der Waals surface area contributed by atoms with Crippen LogP contribution in [0, 0.1) is 0 Å². The molecule has 1 aromatic heterocycles. The smallest absolute Gasteiger partial charge is 0.308 e. The Labute approximate surface area is 104 Å². The molecule has 5 nitrogen and oxygen atoms in total. The molecule has 0 atom stereocenters. The molecular weight excluding hydrogens is 244 g/mol. The fourth-order valence-electron chi connectivity index (χ4n) is 1.38. The van der Waals surface area contributed by atoms with Crippen LogP contribution in [0.4, 0.5) is 0 Å². The standard InChI is InChI=1S/C11H10N2O3.ClH/c1-7(14)16-11-3-8-5-12-6-13-9(8)4-10(11)15-2;/h3-6H,1-2H3;1H. The number of halogens is 1. The van der Waals surface area contributed by atoms with E-state index in [1.807, 2.05) is 0 Å². The van der Waals surface area contributed by atoms with Crippen molar-refractivity contribution in [3.63, 3.8) is 0 Å². The van der Waals surface area contributed by atoms with E-state index in [1.54, 1.807) is 18.3 Å². The van der Waals surface area contributed by atoms with E-state index in [2.05, 4.69) is 9.97 Å². The number of carbonyl (C=O) groups excluding carboxylic acids is 1. The predicted octanol–water partition coefficient (Wildman–Crippen LogP) is 1.99. The molecule has 0 unspecified atom stereocenters. The van der Waals surface area contributed by atoms with Gasteiger partial charge in [0.1, 0.15) is 6.33 Å². The highest BCUT2D eigenvalue weighted by Crippen LogP contribution is 2.31. The Balaban J connectivity index is 0.00000144. The number of benzene rings is 1. The van der Waals surface area contributed by atoms with Crippen molar-refractivity contribution in [2.75, 3.05) is 7.11 Å². The summed E-state index contributed by atoms with van der Waals surface area (Å²) in [5.74, 6) is 0.452. The van der Waals surface area contributed by atoms with E-state index < -0.39 is 5.97 Å². The van der Waals surface area contributed by atoms with Gasteiger partial charge >= 0.3 is 5.97 Å². The van der Waals surface area contributed by atoms with Gasteiger partial charge in [0.25, 0.3) is 0 Å². The number of carbonyl (C=O) groups is 1. The van der Waals surface area contributed by atoms with Gasteiger partial charge in [-0.15, -0.1) is 12.4 Å². The molecule has 1 heterocycles. The first-order chi connectivity index (χ1) is 7.70. The molecule has 6 heteroatoms. The summed E-state index contributed by atoms with van der Waals surface area (Å²) in [5, 5.41) is 0.791. The average Bonchev–Trinajstić information content (AvgIpc) is 2.27. The summed E-state index contributed by atoms with van der Waals surface area (Å²) >= 11 is 0. The molecule has 0 aliphatic rings. The number of methoxy groups -OCH3 is 1. The molecule has 0 bridgehead atoms. The highest BCUT2D eigenvalue weighted by molar-refractivity contribution is 5.85. The quantitative estimate of drug-likeness (QED) is 0.606. The first-order valence-electron chi connectivity index (χ1n) is 4.67. The second kappa shape index (κ2) is 5.45. The molecule has 0 aliphatic carbocycles. The summed E-state index contributed by atoms with van der Waals surface area (Å²) < 4.78 is 10.1. The first kappa shape index (κ1) is 13.2. The Kier molecular flexibility index (Phi) is 4.23. The minimum Gasteiger partial charge on any atom is -0.493 e. The molecular formula is C11H11ClN2O3. The summed E-state index contributed by atoms with van der Waals surface area (Å²) in [7, 11) is 1.51. The molecule has 2 rings (SSSR count). The van der Waals surface area contributed by atoms with Gasteiger partial charge in [-0.25, -0.2) is 9.97 Å². The van der Waals surface area contributed by atoms with E-state index in [1.165, 1.54) is 20.4 Å². The summed E-state index contributed by atoms with van der Waals surface area (Å²) in [6, 6.07) is 3.38. The van der Waals surface area contributed by atoms with Gasteiger partial charge in [-0.1, -0.05) is 0 Å². The third-order valence-corrected chi connectivity index (χ3v) is 2.04. The number of esters is 1. The summed E-state index contributed by atoms with van der Waals surface area (Å²) in [6.07, 6.45) is 3.10. The van der Waals surface area contributed by atoms with Gasteiger partial charge in [-0.05, 0) is 6.07 Å². The molecule has 17 heavy (non-hydrogen) atoms. The zero-order valence-electron chi connectivity index (χ0n) is 9.34. The van der Waals surface area contributed by atoms with Crippen molar-refractivity contribution < 1.29 is 14.3 Å². The van der Waals surface area contributed by atoms with Crippen molar-refractivity contribution in [2.45, 2.75) is 6.92 Å². The van der Waals surface area contributed by atoms with Gasteiger partial charge in [-0.3, -0.25) is 4.79 Å². The number of hydrogen-bond donors (Lipinski definition) is 0. The van der Waals surface area contributed by atoms with E-state index in [0.717, 1.165) is 10.9 Å². The maximum atomic E-state index is 10.9. The first-order valence-corrected chi connectivity index (χ1v) is 4.67. The number of ether oxygens (including phenoxy) is 2. The van der Waals surface area contributed by atoms with Crippen LogP contribution in [0.2, 0.25) is 0 Å². The number of aromatic nitrogens is 2. The van der Waals surface area contributed by atoms with Crippen LogP contribution in [0.5, 0.6) is 11.5 Å². The van der Waals surface area contributed by atoms with Crippen LogP contribution in [0.1, 0.15) is 6.92 Å². The second-order valence-electron chi connectivity index (χ2n) is 3.18. The van der Waals surface area contributed by atoms with Crippen molar-refractivity contribution in [1.82, 2.24) is 9.97 Å². The highest BCUT2D eigenvalue weighted by atomic mass is 35.5. The largest absolute Gasteiger partial charge is 0.493 e. The lowest BCUT2D eigenvalue weighted by atomic mass is 10.2. The third-order valence-electron chi connectivity index (χ3n) is 2.04. The molecule has 0 saturated heterocycles. The van der Waals surface area contributed by atoms with Crippen molar-refractivity contribution in [3.05, 3.63) is 24.7 Å². The van der Waals surface area contributed by atoms with Crippen molar-refractivity contribution in [2.24, 2.45) is 0 Å². The number of nitrogens with zero attached hydrogens (tertiary/aromatic N) is 2. The van der Waals surface area contributed by atoms with Crippen molar-refractivity contribution in [1.29, 1.82) is 0 Å². The Morgan fingerprint density at radius 2 is 2.06 bits per heavy atom. The van der Waals surface area contributed by atoms with Gasteiger partial charge < -0.3 is 9.47 Å². The van der Waals surface area contributed by atoms with Crippen LogP contribution >= 0.6 is 12.4 Å². The van der Waals surface area contributed by atoms with Gasteiger partial charge in [0.15, 0.2) is 11.5 Å². The molecule has 90 valence electrons.